The molecule has 2 nitrogen and oxygen atoms in total. The molecule has 3 aromatic carbocycles. The van der Waals surface area contributed by atoms with Gasteiger partial charge in [0.25, 0.3) is 0 Å². The largest absolute Gasteiger partial charge is 0.385 e. The maximum absolute atomic E-state index is 3.25. The van der Waals surface area contributed by atoms with Crippen molar-refractivity contribution in [1.29, 1.82) is 0 Å². The van der Waals surface area contributed by atoms with E-state index in [1.807, 2.05) is 0 Å². The van der Waals surface area contributed by atoms with Crippen LogP contribution in [0.4, 0.5) is 11.4 Å². The molecule has 0 aliphatic rings. The molecule has 0 heterocycles. The van der Waals surface area contributed by atoms with Crippen molar-refractivity contribution in [1.82, 2.24) is 0 Å². The zero-order valence-electron chi connectivity index (χ0n) is 18.0. The number of rotatable bonds is 6. The Hall–Kier alpha value is -2.74. The summed E-state index contributed by atoms with van der Waals surface area (Å²) >= 11 is 0. The van der Waals surface area contributed by atoms with Crippen molar-refractivity contribution < 1.29 is 0 Å². The summed E-state index contributed by atoms with van der Waals surface area (Å²) in [6.45, 7) is 13.7. The summed E-state index contributed by atoms with van der Waals surface area (Å²) < 4.78 is 0. The molecule has 1 N–H and O–H groups in total. The van der Waals surface area contributed by atoms with Crippen molar-refractivity contribution in [3.8, 4) is 0 Å². The number of anilines is 2. The Morgan fingerprint density at radius 3 is 1.89 bits per heavy atom. The third-order valence-corrected chi connectivity index (χ3v) is 4.60. The average Bonchev–Trinajstić information content (AvgIpc) is 2.67. The predicted octanol–water partition coefficient (Wildman–Crippen LogP) is 6.76. The van der Waals surface area contributed by atoms with Gasteiger partial charge in [-0.05, 0) is 75.6 Å². The number of nitrogens with zero attached hydrogens (tertiary/aromatic N) is 1. The first-order chi connectivity index (χ1) is 13.5. The molecule has 0 atom stereocenters. The lowest BCUT2D eigenvalue weighted by molar-refractivity contribution is 0.830. The smallest absolute Gasteiger partial charge is 0.0429 e. The minimum atomic E-state index is 0.974. The van der Waals surface area contributed by atoms with E-state index in [4.69, 9.17) is 0 Å². The highest BCUT2D eigenvalue weighted by atomic mass is 15.1. The molecular formula is C26H34N2. The van der Waals surface area contributed by atoms with Gasteiger partial charge in [-0.25, -0.2) is 0 Å². The molecule has 0 aliphatic heterocycles. The zero-order chi connectivity index (χ0) is 20.4. The third kappa shape index (κ3) is 7.11. The van der Waals surface area contributed by atoms with Crippen molar-refractivity contribution in [2.75, 3.05) is 23.3 Å². The molecule has 2 heteroatoms. The van der Waals surface area contributed by atoms with Gasteiger partial charge < -0.3 is 10.2 Å². The van der Waals surface area contributed by atoms with Crippen LogP contribution in [0.15, 0.2) is 72.8 Å². The second-order valence-electron chi connectivity index (χ2n) is 7.24. The van der Waals surface area contributed by atoms with Crippen LogP contribution in [0.25, 0.3) is 0 Å². The van der Waals surface area contributed by atoms with E-state index in [-0.39, 0.29) is 0 Å². The van der Waals surface area contributed by atoms with Crippen molar-refractivity contribution in [2.45, 2.75) is 41.2 Å². The van der Waals surface area contributed by atoms with E-state index in [9.17, 15) is 0 Å². The molecule has 0 aromatic heterocycles. The van der Waals surface area contributed by atoms with Gasteiger partial charge in [-0.15, -0.1) is 0 Å². The average molecular weight is 375 g/mol. The molecule has 0 amide bonds. The summed E-state index contributed by atoms with van der Waals surface area (Å²) in [6.07, 6.45) is 0. The lowest BCUT2D eigenvalue weighted by Crippen LogP contribution is -2.21. The van der Waals surface area contributed by atoms with E-state index < -0.39 is 0 Å². The number of hydrogen-bond donors (Lipinski definition) is 1. The highest BCUT2D eigenvalue weighted by Gasteiger charge is 2.05. The fourth-order valence-corrected chi connectivity index (χ4v) is 3.20. The maximum atomic E-state index is 3.25. The Bertz CT molecular complexity index is 854. The second-order valence-corrected chi connectivity index (χ2v) is 7.24. The SMILES string of the molecule is CCN(Cc1cccc(C)c1)c1cccc(C)c1.CCNc1cccc(C)c1. The molecule has 0 bridgehead atoms. The molecule has 0 fully saturated rings. The van der Waals surface area contributed by atoms with Gasteiger partial charge in [0.1, 0.15) is 0 Å². The van der Waals surface area contributed by atoms with E-state index in [1.165, 1.54) is 33.6 Å². The van der Waals surface area contributed by atoms with Crippen molar-refractivity contribution in [3.05, 3.63) is 95.1 Å². The lowest BCUT2D eigenvalue weighted by atomic mass is 10.1. The van der Waals surface area contributed by atoms with Crippen LogP contribution in [0.5, 0.6) is 0 Å². The van der Waals surface area contributed by atoms with Crippen LogP contribution in [0.2, 0.25) is 0 Å². The monoisotopic (exact) mass is 374 g/mol. The van der Waals surface area contributed by atoms with Gasteiger partial charge in [-0.2, -0.15) is 0 Å². The van der Waals surface area contributed by atoms with Crippen molar-refractivity contribution in [3.63, 3.8) is 0 Å². The molecule has 3 rings (SSSR count). The van der Waals surface area contributed by atoms with Crippen LogP contribution in [-0.2, 0) is 6.54 Å². The lowest BCUT2D eigenvalue weighted by Gasteiger charge is -2.23. The summed E-state index contributed by atoms with van der Waals surface area (Å²) in [5.41, 5.74) is 7.83. The van der Waals surface area contributed by atoms with Gasteiger partial charge >= 0.3 is 0 Å². The summed E-state index contributed by atoms with van der Waals surface area (Å²) in [5.74, 6) is 0. The summed E-state index contributed by atoms with van der Waals surface area (Å²) in [5, 5.41) is 3.25. The molecular weight excluding hydrogens is 340 g/mol. The van der Waals surface area contributed by atoms with Gasteiger partial charge in [0.2, 0.25) is 0 Å². The van der Waals surface area contributed by atoms with E-state index in [0.29, 0.717) is 0 Å². The van der Waals surface area contributed by atoms with Crippen LogP contribution in [0.3, 0.4) is 0 Å². The predicted molar refractivity (Wildman–Crippen MR) is 124 cm³/mol. The molecule has 28 heavy (non-hydrogen) atoms. The Morgan fingerprint density at radius 2 is 1.32 bits per heavy atom. The summed E-state index contributed by atoms with van der Waals surface area (Å²) in [4.78, 5) is 2.40. The Kier molecular flexibility index (Phi) is 8.61. The first kappa shape index (κ1) is 21.6. The molecule has 0 aliphatic carbocycles. The van der Waals surface area contributed by atoms with Crippen LogP contribution in [0.1, 0.15) is 36.1 Å². The standard InChI is InChI=1S/C17H21N.C9H13N/c1-4-18(17-10-6-8-15(3)12-17)13-16-9-5-7-14(2)11-16;1-3-10-9-6-4-5-8(2)7-9/h5-12H,4,13H2,1-3H3;4-7,10H,3H2,1-2H3. The van der Waals surface area contributed by atoms with Crippen molar-refractivity contribution in [2.24, 2.45) is 0 Å². The number of hydrogen-bond acceptors (Lipinski definition) is 2. The second kappa shape index (κ2) is 11.2. The normalized spacial score (nSPS) is 10.0. The summed E-state index contributed by atoms with van der Waals surface area (Å²) in [7, 11) is 0. The third-order valence-electron chi connectivity index (χ3n) is 4.60. The minimum absolute atomic E-state index is 0.974. The van der Waals surface area contributed by atoms with E-state index in [2.05, 4.69) is 118 Å². The van der Waals surface area contributed by atoms with E-state index in [1.54, 1.807) is 0 Å². The van der Waals surface area contributed by atoms with Crippen molar-refractivity contribution >= 4 is 11.4 Å². The molecule has 0 saturated carbocycles. The van der Waals surface area contributed by atoms with Crippen LogP contribution in [-0.4, -0.2) is 13.1 Å². The quantitative estimate of drug-likeness (QED) is 0.513. The fourth-order valence-electron chi connectivity index (χ4n) is 3.20. The molecule has 3 aromatic rings. The molecule has 0 spiro atoms. The molecule has 0 radical (unpaired) electrons. The highest BCUT2D eigenvalue weighted by molar-refractivity contribution is 5.49. The fraction of sp³-hybridized carbons (Fsp3) is 0.308. The topological polar surface area (TPSA) is 15.3 Å². The number of aryl methyl sites for hydroxylation is 3. The van der Waals surface area contributed by atoms with Crippen LogP contribution in [0, 0.1) is 20.8 Å². The van der Waals surface area contributed by atoms with Gasteiger partial charge in [-0.3, -0.25) is 0 Å². The van der Waals surface area contributed by atoms with Crippen LogP contribution >= 0.6 is 0 Å². The first-order valence-electron chi connectivity index (χ1n) is 10.2. The Morgan fingerprint density at radius 1 is 0.714 bits per heavy atom. The van der Waals surface area contributed by atoms with Gasteiger partial charge in [0.05, 0.1) is 0 Å². The van der Waals surface area contributed by atoms with Gasteiger partial charge in [-0.1, -0.05) is 54.1 Å². The molecule has 148 valence electrons. The van der Waals surface area contributed by atoms with E-state index >= 15 is 0 Å². The van der Waals surface area contributed by atoms with Crippen LogP contribution < -0.4 is 10.2 Å². The summed E-state index contributed by atoms with van der Waals surface area (Å²) in [6, 6.07) is 25.8. The Labute approximate surface area is 171 Å². The number of nitrogens with one attached hydrogen (secondary N) is 1. The van der Waals surface area contributed by atoms with E-state index in [0.717, 1.165) is 19.6 Å². The first-order valence-corrected chi connectivity index (χ1v) is 10.2. The highest BCUT2D eigenvalue weighted by Crippen LogP contribution is 2.18. The molecule has 0 unspecified atom stereocenters. The van der Waals surface area contributed by atoms with Gasteiger partial charge in [0, 0.05) is 31.0 Å². The molecule has 0 saturated heterocycles. The number of benzene rings is 3. The van der Waals surface area contributed by atoms with Gasteiger partial charge in [0.15, 0.2) is 0 Å². The maximum Gasteiger partial charge on any atom is 0.0429 e. The minimum Gasteiger partial charge on any atom is -0.385 e. The Balaban J connectivity index is 0.000000237. The zero-order valence-corrected chi connectivity index (χ0v) is 18.0.